The number of hydrogen-bond donors (Lipinski definition) is 1. The summed E-state index contributed by atoms with van der Waals surface area (Å²) in [6.45, 7) is 2.12. The van der Waals surface area contributed by atoms with Crippen LogP contribution >= 0.6 is 0 Å². The van der Waals surface area contributed by atoms with E-state index >= 15 is 0 Å². The highest BCUT2D eigenvalue weighted by molar-refractivity contribution is 7.90. The summed E-state index contributed by atoms with van der Waals surface area (Å²) < 4.78 is 43.5. The molecule has 7 nitrogen and oxygen atoms in total. The van der Waals surface area contributed by atoms with E-state index in [1.807, 2.05) is 19.1 Å². The van der Waals surface area contributed by atoms with Crippen molar-refractivity contribution in [3.05, 3.63) is 76.9 Å². The summed E-state index contributed by atoms with van der Waals surface area (Å²) in [6, 6.07) is 12.7. The van der Waals surface area contributed by atoms with Crippen LogP contribution in [0.15, 0.2) is 58.2 Å². The van der Waals surface area contributed by atoms with Crippen LogP contribution in [0.25, 0.3) is 0 Å². The molecule has 1 heterocycles. The molecule has 9 heteroatoms. The fourth-order valence-corrected chi connectivity index (χ4v) is 3.59. The number of hydrogen-bond acceptors (Lipinski definition) is 6. The van der Waals surface area contributed by atoms with E-state index in [2.05, 4.69) is 15.5 Å². The van der Waals surface area contributed by atoms with Crippen molar-refractivity contribution in [1.29, 1.82) is 0 Å². The molecule has 0 aliphatic carbocycles. The Kier molecular flexibility index (Phi) is 5.84. The average molecular weight is 403 g/mol. The number of nitrogens with one attached hydrogen (secondary N) is 1. The monoisotopic (exact) mass is 403 g/mol. The lowest BCUT2D eigenvalue weighted by Gasteiger charge is -2.04. The van der Waals surface area contributed by atoms with Gasteiger partial charge < -0.3 is 9.73 Å². The molecule has 3 aromatic rings. The van der Waals surface area contributed by atoms with Gasteiger partial charge in [0.2, 0.25) is 15.7 Å². The Morgan fingerprint density at radius 2 is 1.82 bits per heavy atom. The molecule has 1 N–H and O–H groups in total. The molecule has 0 bridgehead atoms. The lowest BCUT2D eigenvalue weighted by molar-refractivity contribution is 0.0953. The van der Waals surface area contributed by atoms with Crippen molar-refractivity contribution in [1.82, 2.24) is 15.5 Å². The van der Waals surface area contributed by atoms with Crippen molar-refractivity contribution < 1.29 is 22.0 Å². The SMILES string of the molecule is Cc1ccc(C(=O)NCCc2nnc(S(=O)(=O)Cc3ccccc3F)o2)cc1. The summed E-state index contributed by atoms with van der Waals surface area (Å²) in [5.74, 6) is -1.39. The van der Waals surface area contributed by atoms with E-state index < -0.39 is 26.6 Å². The Balaban J connectivity index is 1.58. The summed E-state index contributed by atoms with van der Waals surface area (Å²) in [5.41, 5.74) is 1.59. The number of sulfone groups is 1. The number of carbonyl (C=O) groups is 1. The van der Waals surface area contributed by atoms with Gasteiger partial charge in [-0.2, -0.15) is 0 Å². The molecule has 28 heavy (non-hydrogen) atoms. The third-order valence-electron chi connectivity index (χ3n) is 3.96. The predicted molar refractivity (Wildman–Crippen MR) is 98.8 cm³/mol. The summed E-state index contributed by atoms with van der Waals surface area (Å²) in [7, 11) is -3.97. The summed E-state index contributed by atoms with van der Waals surface area (Å²) in [5, 5.41) is 9.35. The Hall–Kier alpha value is -3.07. The zero-order valence-corrected chi connectivity index (χ0v) is 15.9. The predicted octanol–water partition coefficient (Wildman–Crippen LogP) is 2.46. The standard InChI is InChI=1S/C19H18FN3O4S/c1-13-6-8-14(9-7-13)18(24)21-11-10-17-22-23-19(27-17)28(25,26)12-15-4-2-3-5-16(15)20/h2-9H,10-12H2,1H3,(H,21,24). The number of aryl methyl sites for hydroxylation is 1. The third kappa shape index (κ3) is 4.80. The zero-order valence-electron chi connectivity index (χ0n) is 15.1. The molecular formula is C19H18FN3O4S. The highest BCUT2D eigenvalue weighted by Crippen LogP contribution is 2.17. The lowest BCUT2D eigenvalue weighted by atomic mass is 10.1. The van der Waals surface area contributed by atoms with Gasteiger partial charge in [-0.15, -0.1) is 5.10 Å². The summed E-state index contributed by atoms with van der Waals surface area (Å²) in [4.78, 5) is 12.0. The van der Waals surface area contributed by atoms with E-state index in [1.54, 1.807) is 18.2 Å². The van der Waals surface area contributed by atoms with Gasteiger partial charge in [0, 0.05) is 24.1 Å². The molecule has 1 aromatic heterocycles. The Morgan fingerprint density at radius 3 is 2.54 bits per heavy atom. The average Bonchev–Trinajstić information content (AvgIpc) is 3.14. The second-order valence-electron chi connectivity index (χ2n) is 6.18. The van der Waals surface area contributed by atoms with E-state index in [-0.39, 0.29) is 30.3 Å². The van der Waals surface area contributed by atoms with Gasteiger partial charge in [0.25, 0.3) is 5.91 Å². The van der Waals surface area contributed by atoms with E-state index in [4.69, 9.17) is 4.42 Å². The number of aromatic nitrogens is 2. The van der Waals surface area contributed by atoms with Crippen molar-refractivity contribution in [3.63, 3.8) is 0 Å². The molecule has 0 radical (unpaired) electrons. The highest BCUT2D eigenvalue weighted by atomic mass is 32.2. The minimum absolute atomic E-state index is 0.0209. The van der Waals surface area contributed by atoms with Crippen LogP contribution in [0.4, 0.5) is 4.39 Å². The van der Waals surface area contributed by atoms with Crippen molar-refractivity contribution >= 4 is 15.7 Å². The van der Waals surface area contributed by atoms with Crippen LogP contribution in [-0.4, -0.2) is 31.1 Å². The molecule has 0 saturated heterocycles. The lowest BCUT2D eigenvalue weighted by Crippen LogP contribution is -2.25. The van der Waals surface area contributed by atoms with Gasteiger partial charge in [-0.3, -0.25) is 4.79 Å². The summed E-state index contributed by atoms with van der Waals surface area (Å²) >= 11 is 0. The van der Waals surface area contributed by atoms with Gasteiger partial charge in [0.15, 0.2) is 0 Å². The molecule has 0 unspecified atom stereocenters. The third-order valence-corrected chi connectivity index (χ3v) is 5.34. The largest absolute Gasteiger partial charge is 0.412 e. The molecular weight excluding hydrogens is 385 g/mol. The Bertz CT molecular complexity index is 1080. The second-order valence-corrected chi connectivity index (χ2v) is 8.05. The fourth-order valence-electron chi connectivity index (χ4n) is 2.44. The normalized spacial score (nSPS) is 11.4. The maximum absolute atomic E-state index is 13.7. The number of amides is 1. The van der Waals surface area contributed by atoms with Crippen LogP contribution in [0.5, 0.6) is 0 Å². The summed E-state index contributed by atoms with van der Waals surface area (Å²) in [6.07, 6.45) is 0.166. The van der Waals surface area contributed by atoms with Crippen molar-refractivity contribution in [2.75, 3.05) is 6.54 Å². The van der Waals surface area contributed by atoms with Crippen molar-refractivity contribution in [2.24, 2.45) is 0 Å². The van der Waals surface area contributed by atoms with E-state index in [1.165, 1.54) is 18.2 Å². The number of halogens is 1. The number of benzene rings is 2. The minimum atomic E-state index is -3.97. The molecule has 146 valence electrons. The quantitative estimate of drug-likeness (QED) is 0.650. The van der Waals surface area contributed by atoms with Gasteiger partial charge in [-0.25, -0.2) is 12.8 Å². The maximum Gasteiger partial charge on any atom is 0.335 e. The van der Waals surface area contributed by atoms with Crippen LogP contribution in [0.2, 0.25) is 0 Å². The van der Waals surface area contributed by atoms with Gasteiger partial charge in [0.1, 0.15) is 5.82 Å². The zero-order chi connectivity index (χ0) is 20.1. The smallest absolute Gasteiger partial charge is 0.335 e. The van der Waals surface area contributed by atoms with E-state index in [9.17, 15) is 17.6 Å². The number of rotatable bonds is 7. The van der Waals surface area contributed by atoms with Crippen LogP contribution in [0.3, 0.4) is 0 Å². The van der Waals surface area contributed by atoms with Crippen molar-refractivity contribution in [2.45, 2.75) is 24.3 Å². The van der Waals surface area contributed by atoms with Crippen LogP contribution < -0.4 is 5.32 Å². The molecule has 3 rings (SSSR count). The fraction of sp³-hybridized carbons (Fsp3) is 0.211. The molecule has 0 fully saturated rings. The number of carbonyl (C=O) groups excluding carboxylic acids is 1. The van der Waals surface area contributed by atoms with E-state index in [0.29, 0.717) is 5.56 Å². The first kappa shape index (κ1) is 19.7. The molecule has 0 aliphatic heterocycles. The first-order chi connectivity index (χ1) is 13.3. The molecule has 0 spiro atoms. The van der Waals surface area contributed by atoms with Crippen molar-refractivity contribution in [3.8, 4) is 0 Å². The topological polar surface area (TPSA) is 102 Å². The Labute approximate surface area is 161 Å². The minimum Gasteiger partial charge on any atom is -0.412 e. The van der Waals surface area contributed by atoms with Gasteiger partial charge >= 0.3 is 5.22 Å². The van der Waals surface area contributed by atoms with Gasteiger partial charge in [-0.05, 0) is 25.1 Å². The number of nitrogens with zero attached hydrogens (tertiary/aromatic N) is 2. The van der Waals surface area contributed by atoms with Crippen LogP contribution in [-0.2, 0) is 22.0 Å². The second kappa shape index (κ2) is 8.30. The van der Waals surface area contributed by atoms with Crippen LogP contribution in [0.1, 0.15) is 27.4 Å². The first-order valence-corrected chi connectivity index (χ1v) is 10.1. The molecule has 0 aliphatic rings. The van der Waals surface area contributed by atoms with Gasteiger partial charge in [0.05, 0.1) is 5.75 Å². The molecule has 0 atom stereocenters. The first-order valence-electron chi connectivity index (χ1n) is 8.48. The molecule has 1 amide bonds. The van der Waals surface area contributed by atoms with Crippen LogP contribution in [0, 0.1) is 12.7 Å². The maximum atomic E-state index is 13.7. The molecule has 2 aromatic carbocycles. The van der Waals surface area contributed by atoms with E-state index in [0.717, 1.165) is 5.56 Å². The van der Waals surface area contributed by atoms with Gasteiger partial charge in [-0.1, -0.05) is 41.0 Å². The molecule has 0 saturated carbocycles. The Morgan fingerprint density at radius 1 is 1.11 bits per heavy atom. The highest BCUT2D eigenvalue weighted by Gasteiger charge is 2.24.